The number of ether oxygens (including phenoxy) is 1. The second-order valence-corrected chi connectivity index (χ2v) is 14.4. The summed E-state index contributed by atoms with van der Waals surface area (Å²) in [6.45, 7) is 8.12. The highest BCUT2D eigenvalue weighted by Gasteiger charge is 2.38. The Balaban J connectivity index is 1.13. The zero-order valence-corrected chi connectivity index (χ0v) is 30.3. The normalized spacial score (nSPS) is 13.6. The molecule has 2 heterocycles. The molecule has 0 spiro atoms. The molecular weight excluding hydrogens is 671 g/mol. The van der Waals surface area contributed by atoms with Crippen LogP contribution < -0.4 is 10.1 Å². The maximum absolute atomic E-state index is 15.3. The second kappa shape index (κ2) is 15.8. The largest absolute Gasteiger partial charge is 0.488 e. The van der Waals surface area contributed by atoms with Gasteiger partial charge in [-0.15, -0.1) is 0 Å². The molecule has 10 heteroatoms. The molecule has 1 atom stereocenters. The Labute approximate surface area is 308 Å². The summed E-state index contributed by atoms with van der Waals surface area (Å²) in [6, 6.07) is 26.4. The van der Waals surface area contributed by atoms with E-state index < -0.39 is 29.4 Å². The number of carboxylic acid groups (broad SMARTS) is 1. The molecule has 2 amide bonds. The molecule has 1 aliphatic heterocycles. The summed E-state index contributed by atoms with van der Waals surface area (Å²) in [5.41, 5.74) is 5.42. The lowest BCUT2D eigenvalue weighted by Gasteiger charge is -2.39. The van der Waals surface area contributed by atoms with Gasteiger partial charge < -0.3 is 20.1 Å². The maximum Gasteiger partial charge on any atom is 0.310 e. The highest BCUT2D eigenvalue weighted by molar-refractivity contribution is 5.98. The van der Waals surface area contributed by atoms with Crippen LogP contribution in [0.1, 0.15) is 55.6 Å². The quantitative estimate of drug-likeness (QED) is 0.136. The van der Waals surface area contributed by atoms with E-state index in [-0.39, 0.29) is 31.2 Å². The van der Waals surface area contributed by atoms with Crippen LogP contribution in [-0.4, -0.2) is 62.5 Å². The number of rotatable bonds is 12. The summed E-state index contributed by atoms with van der Waals surface area (Å²) in [6.07, 6.45) is 5.45. The molecule has 0 saturated carbocycles. The number of aryl methyl sites for hydroxylation is 1. The van der Waals surface area contributed by atoms with Crippen LogP contribution in [0.15, 0.2) is 103 Å². The number of nitrogens with one attached hydrogen (secondary N) is 1. The van der Waals surface area contributed by atoms with Crippen LogP contribution in [0, 0.1) is 11.7 Å². The fourth-order valence-corrected chi connectivity index (χ4v) is 6.23. The van der Waals surface area contributed by atoms with Crippen LogP contribution >= 0.6 is 0 Å². The highest BCUT2D eigenvalue weighted by Crippen LogP contribution is 2.29. The number of carbonyl (C=O) groups excluding carboxylic acids is 2. The highest BCUT2D eigenvalue weighted by atomic mass is 19.1. The predicted molar refractivity (Wildman–Crippen MR) is 202 cm³/mol. The van der Waals surface area contributed by atoms with Crippen LogP contribution in [0.2, 0.25) is 0 Å². The molecular formula is C43H43FN4O5. The number of carbonyl (C=O) groups is 3. The van der Waals surface area contributed by atoms with Gasteiger partial charge in [-0.3, -0.25) is 14.4 Å². The third-order valence-corrected chi connectivity index (χ3v) is 9.10. The summed E-state index contributed by atoms with van der Waals surface area (Å²) in [5, 5.41) is 12.2. The van der Waals surface area contributed by atoms with Crippen molar-refractivity contribution in [2.24, 2.45) is 5.92 Å². The summed E-state index contributed by atoms with van der Waals surface area (Å²) < 4.78 is 21.1. The molecule has 4 aromatic carbocycles. The maximum atomic E-state index is 15.3. The van der Waals surface area contributed by atoms with E-state index in [0.717, 1.165) is 35.1 Å². The third kappa shape index (κ3) is 9.13. The van der Waals surface area contributed by atoms with Gasteiger partial charge in [0.2, 0.25) is 5.91 Å². The van der Waals surface area contributed by atoms with Crippen molar-refractivity contribution in [3.63, 3.8) is 0 Å². The van der Waals surface area contributed by atoms with Gasteiger partial charge in [-0.05, 0) is 79.8 Å². The number of carboxylic acids is 1. The lowest BCUT2D eigenvalue weighted by Crippen LogP contribution is -2.59. The van der Waals surface area contributed by atoms with E-state index in [1.165, 1.54) is 16.5 Å². The molecule has 5 aromatic rings. The Morgan fingerprint density at radius 1 is 0.849 bits per heavy atom. The third-order valence-electron chi connectivity index (χ3n) is 9.10. The van der Waals surface area contributed by atoms with Crippen LogP contribution in [0.3, 0.4) is 0 Å². The Morgan fingerprint density at radius 2 is 1.45 bits per heavy atom. The average molecular weight is 715 g/mol. The van der Waals surface area contributed by atoms with Crippen molar-refractivity contribution in [2.75, 3.05) is 13.1 Å². The van der Waals surface area contributed by atoms with Gasteiger partial charge in [0, 0.05) is 54.2 Å². The monoisotopic (exact) mass is 714 g/mol. The van der Waals surface area contributed by atoms with E-state index in [0.29, 0.717) is 28.3 Å². The number of likely N-dealkylation sites (tertiary alicyclic amines) is 1. The van der Waals surface area contributed by atoms with Gasteiger partial charge >= 0.3 is 5.97 Å². The SMILES string of the molecule is CCCc1ccc(-c2ccc(-c3cnc(-c4ccc(C[C@H](NC(=O)c5ccc(OC(C)(C)C)cc5)C(=O)N5CC(C(=O)O)C5)cc4)nc3)c(F)c2)cc1. The van der Waals surface area contributed by atoms with Gasteiger partial charge in [-0.25, -0.2) is 14.4 Å². The first-order valence-corrected chi connectivity index (χ1v) is 17.8. The number of hydrogen-bond donors (Lipinski definition) is 2. The smallest absolute Gasteiger partial charge is 0.310 e. The van der Waals surface area contributed by atoms with Crippen LogP contribution in [-0.2, 0) is 22.4 Å². The first-order valence-electron chi connectivity index (χ1n) is 17.8. The Morgan fingerprint density at radius 3 is 2.04 bits per heavy atom. The van der Waals surface area contributed by atoms with Crippen molar-refractivity contribution in [2.45, 2.75) is 58.6 Å². The van der Waals surface area contributed by atoms with Gasteiger partial charge in [0.05, 0.1) is 5.92 Å². The Hall–Kier alpha value is -5.90. The minimum atomic E-state index is -0.954. The number of nitrogens with zero attached hydrogens (tertiary/aromatic N) is 3. The van der Waals surface area contributed by atoms with E-state index in [4.69, 9.17) is 4.74 Å². The predicted octanol–water partition coefficient (Wildman–Crippen LogP) is 7.63. The fraction of sp³-hybridized carbons (Fsp3) is 0.279. The molecule has 6 rings (SSSR count). The minimum absolute atomic E-state index is 0.0899. The summed E-state index contributed by atoms with van der Waals surface area (Å²) >= 11 is 0. The van der Waals surface area contributed by atoms with Crippen LogP contribution in [0.5, 0.6) is 5.75 Å². The molecule has 1 saturated heterocycles. The zero-order valence-electron chi connectivity index (χ0n) is 30.3. The van der Waals surface area contributed by atoms with Crippen molar-refractivity contribution >= 4 is 17.8 Å². The molecule has 1 aromatic heterocycles. The molecule has 9 nitrogen and oxygen atoms in total. The topological polar surface area (TPSA) is 122 Å². The number of amides is 2. The lowest BCUT2D eigenvalue weighted by molar-refractivity contribution is -0.153. The fourth-order valence-electron chi connectivity index (χ4n) is 6.23. The van der Waals surface area contributed by atoms with E-state index >= 15 is 4.39 Å². The Kier molecular flexibility index (Phi) is 11.0. The van der Waals surface area contributed by atoms with E-state index in [9.17, 15) is 19.5 Å². The number of halogens is 1. The lowest BCUT2D eigenvalue weighted by atomic mass is 9.96. The molecule has 53 heavy (non-hydrogen) atoms. The average Bonchev–Trinajstić information content (AvgIpc) is 3.11. The molecule has 2 N–H and O–H groups in total. The van der Waals surface area contributed by atoms with Crippen molar-refractivity contribution in [1.82, 2.24) is 20.2 Å². The molecule has 0 aliphatic carbocycles. The molecule has 1 aliphatic rings. The van der Waals surface area contributed by atoms with Gasteiger partial charge in [0.1, 0.15) is 23.2 Å². The first-order chi connectivity index (χ1) is 25.4. The zero-order chi connectivity index (χ0) is 37.7. The summed E-state index contributed by atoms with van der Waals surface area (Å²) in [5.74, 6) is -1.66. The van der Waals surface area contributed by atoms with E-state index in [2.05, 4.69) is 34.3 Å². The summed E-state index contributed by atoms with van der Waals surface area (Å²) in [4.78, 5) is 48.6. The van der Waals surface area contributed by atoms with Gasteiger partial charge in [0.15, 0.2) is 5.82 Å². The van der Waals surface area contributed by atoms with Gasteiger partial charge in [-0.2, -0.15) is 0 Å². The van der Waals surface area contributed by atoms with Crippen LogP contribution in [0.4, 0.5) is 4.39 Å². The number of hydrogen-bond acceptors (Lipinski definition) is 6. The van der Waals surface area contributed by atoms with Crippen LogP contribution in [0.25, 0.3) is 33.6 Å². The van der Waals surface area contributed by atoms with Crippen molar-refractivity contribution in [3.05, 3.63) is 126 Å². The second-order valence-electron chi connectivity index (χ2n) is 14.4. The number of aliphatic carboxylic acids is 1. The molecule has 0 unspecified atom stereocenters. The number of aromatic nitrogens is 2. The number of benzene rings is 4. The van der Waals surface area contributed by atoms with Gasteiger partial charge in [0.25, 0.3) is 5.91 Å². The van der Waals surface area contributed by atoms with Crippen molar-refractivity contribution in [1.29, 1.82) is 0 Å². The van der Waals surface area contributed by atoms with Crippen molar-refractivity contribution < 1.29 is 28.6 Å². The molecule has 0 radical (unpaired) electrons. The summed E-state index contributed by atoms with van der Waals surface area (Å²) in [7, 11) is 0. The van der Waals surface area contributed by atoms with Crippen molar-refractivity contribution in [3.8, 4) is 39.4 Å². The minimum Gasteiger partial charge on any atom is -0.488 e. The molecule has 0 bridgehead atoms. The van der Waals surface area contributed by atoms with E-state index in [1.54, 1.807) is 42.7 Å². The Bertz CT molecular complexity index is 2070. The van der Waals surface area contributed by atoms with Gasteiger partial charge in [-0.1, -0.05) is 74.0 Å². The molecule has 1 fully saturated rings. The van der Waals surface area contributed by atoms with E-state index in [1.807, 2.05) is 63.2 Å². The molecule has 272 valence electrons. The first kappa shape index (κ1) is 36.9. The standard InChI is InChI=1S/C43H43FN4O5/c1-5-6-27-7-11-29(12-8-27)32-17-20-36(37(44)22-32)33-23-45-39(46-24-33)30-13-9-28(10-14-30)21-38(41(50)48-25-34(26-48)42(51)52)47-40(49)31-15-18-35(19-16-31)53-43(2,3)4/h7-20,22-24,34,38H,5-6,21,25-26H2,1-4H3,(H,47,49)(H,51,52)/t38-/m0/s1.